The summed E-state index contributed by atoms with van der Waals surface area (Å²) in [6, 6.07) is 19.1. The Morgan fingerprint density at radius 3 is 2.16 bits per heavy atom. The predicted molar refractivity (Wildman–Crippen MR) is 258 cm³/mol. The summed E-state index contributed by atoms with van der Waals surface area (Å²) in [5.74, 6) is 8.23. The fourth-order valence-corrected chi connectivity index (χ4v) is 6.54. The van der Waals surface area contributed by atoms with Crippen molar-refractivity contribution < 1.29 is 28.7 Å². The number of benzene rings is 3. The Morgan fingerprint density at radius 1 is 0.952 bits per heavy atom. The molecule has 3 amide bonds. The van der Waals surface area contributed by atoms with E-state index in [2.05, 4.69) is 144 Å². The molecule has 0 spiro atoms. The summed E-state index contributed by atoms with van der Waals surface area (Å²) in [5.41, 5.74) is 6.54. The van der Waals surface area contributed by atoms with Gasteiger partial charge in [0.25, 0.3) is 0 Å². The van der Waals surface area contributed by atoms with Gasteiger partial charge >= 0.3 is 6.09 Å². The zero-order valence-corrected chi connectivity index (χ0v) is 39.7. The number of fused-ring (bicyclic) bond motifs is 2. The van der Waals surface area contributed by atoms with E-state index in [4.69, 9.17) is 4.98 Å². The minimum absolute atomic E-state index is 0.00662. The number of carbonyl (C=O) groups excluding carboxylic acids is 4. The molecule has 1 fully saturated rings. The van der Waals surface area contributed by atoms with Crippen LogP contribution < -0.4 is 16.0 Å². The first-order valence-electron chi connectivity index (χ1n) is 21.9. The molecular weight excluding hydrogens is 795 g/mol. The number of allylic oxidation sites excluding steroid dienone is 1. The van der Waals surface area contributed by atoms with E-state index in [-0.39, 0.29) is 19.0 Å². The number of hydrogen-bond donors (Lipinski definition) is 4. The van der Waals surface area contributed by atoms with E-state index < -0.39 is 6.09 Å². The topological polar surface area (TPSA) is 158 Å². The molecule has 1 aliphatic heterocycles. The van der Waals surface area contributed by atoms with Crippen LogP contribution in [0.2, 0.25) is 0 Å². The van der Waals surface area contributed by atoms with Crippen molar-refractivity contribution in [2.45, 2.75) is 86.6 Å². The Morgan fingerprint density at radius 2 is 1.57 bits per heavy atom. The van der Waals surface area contributed by atoms with Gasteiger partial charge in [0.2, 0.25) is 12.3 Å². The van der Waals surface area contributed by atoms with E-state index in [0.717, 1.165) is 69.4 Å². The number of nitrogens with one attached hydrogen (secondary N) is 4. The molecule has 13 nitrogen and oxygen atoms in total. The molecule has 3 aromatic carbocycles. The maximum absolute atomic E-state index is 12.5. The Kier molecular flexibility index (Phi) is 27.8. The van der Waals surface area contributed by atoms with Gasteiger partial charge in [0.1, 0.15) is 12.1 Å². The number of hydrogen-bond acceptors (Lipinski definition) is 9. The van der Waals surface area contributed by atoms with Gasteiger partial charge in [-0.15, -0.1) is 0 Å². The summed E-state index contributed by atoms with van der Waals surface area (Å²) in [6.07, 6.45) is 8.21. The molecule has 2 atom stereocenters. The number of rotatable bonds is 14. The largest absolute Gasteiger partial charge is 0.453 e. The Balaban J connectivity index is 0.000000998. The fourth-order valence-electron chi connectivity index (χ4n) is 6.54. The first-order chi connectivity index (χ1) is 30.4. The van der Waals surface area contributed by atoms with Crippen LogP contribution in [0.1, 0.15) is 109 Å². The molecule has 4 aromatic rings. The van der Waals surface area contributed by atoms with Crippen molar-refractivity contribution in [2.24, 2.45) is 5.92 Å². The number of aromatic amines is 1. The highest BCUT2D eigenvalue weighted by atomic mass is 16.5. The monoisotopic (exact) mass is 868 g/mol. The van der Waals surface area contributed by atoms with Crippen LogP contribution in [0.3, 0.4) is 0 Å². The number of carbonyl (C=O) groups is 4. The maximum Gasteiger partial charge on any atom is 0.407 e. The number of nitrogens with zero attached hydrogens (tertiary/aromatic N) is 3. The van der Waals surface area contributed by atoms with Crippen LogP contribution >= 0.6 is 0 Å². The Bertz CT molecular complexity index is 2100. The summed E-state index contributed by atoms with van der Waals surface area (Å²) in [6.45, 7) is 20.9. The van der Waals surface area contributed by atoms with Gasteiger partial charge in [-0.1, -0.05) is 103 Å². The lowest BCUT2D eigenvalue weighted by atomic mass is 9.97. The Hall–Kier alpha value is -5.97. The van der Waals surface area contributed by atoms with E-state index in [1.165, 1.54) is 26.4 Å². The number of H-pyrrole nitrogens is 1. The average molecular weight is 868 g/mol. The molecule has 0 aliphatic carbocycles. The van der Waals surface area contributed by atoms with Gasteiger partial charge in [0.05, 0.1) is 43.8 Å². The molecular formula is C50H73N7O6. The van der Waals surface area contributed by atoms with Crippen LogP contribution in [0.5, 0.6) is 0 Å². The van der Waals surface area contributed by atoms with Crippen molar-refractivity contribution in [3.05, 3.63) is 95.5 Å². The Labute approximate surface area is 376 Å². The van der Waals surface area contributed by atoms with Crippen LogP contribution in [0, 0.1) is 17.8 Å². The molecule has 0 bridgehead atoms. The van der Waals surface area contributed by atoms with Gasteiger partial charge in [-0.3, -0.25) is 14.5 Å². The zero-order chi connectivity index (χ0) is 47.2. The molecule has 1 saturated heterocycles. The normalized spacial score (nSPS) is 14.0. The quantitative estimate of drug-likeness (QED) is 0.0720. The summed E-state index contributed by atoms with van der Waals surface area (Å²) in [7, 11) is 6.68. The van der Waals surface area contributed by atoms with Crippen molar-refractivity contribution in [1.82, 2.24) is 35.7 Å². The van der Waals surface area contributed by atoms with Crippen LogP contribution in [0.4, 0.5) is 4.79 Å². The van der Waals surface area contributed by atoms with E-state index in [9.17, 15) is 19.2 Å². The standard InChI is InChI=1S/C38H44N6O2.C4H7NO3.2C3H8.C2H6O/c1-6-18-44(36(46)23-39-25-45)24-26(4)40-33(8-3)32-15-14-30-20-27(11-13-31(30)22-32)9-10-28-12-16-34-35(21-28)42-38(41-34)37-29(7-2)17-19-43(37)5;1-8-4(7)5-2-3-6;3*1-3-2/h8,11-16,20-22,25,29,37,40H,4,6-7,17-19,23-24H2,1-3,5H3,(H,39,45)(H,41,42);3H,2H2,1H3,(H,5,7);2*3H2,1-2H3;1-2H3/b33-8-;;;;. The van der Waals surface area contributed by atoms with Gasteiger partial charge in [-0.25, -0.2) is 9.78 Å². The van der Waals surface area contributed by atoms with Crippen molar-refractivity contribution in [3.63, 3.8) is 0 Å². The average Bonchev–Trinajstić information content (AvgIpc) is 3.88. The number of methoxy groups -OCH3 is 2. The van der Waals surface area contributed by atoms with Crippen molar-refractivity contribution in [2.75, 3.05) is 61.1 Å². The summed E-state index contributed by atoms with van der Waals surface area (Å²) in [5, 5.41) is 10.2. The predicted octanol–water partition coefficient (Wildman–Crippen LogP) is 8.60. The molecule has 1 aromatic heterocycles. The molecule has 4 N–H and O–H groups in total. The third-order valence-electron chi connectivity index (χ3n) is 9.26. The number of amides is 3. The van der Waals surface area contributed by atoms with Crippen LogP contribution in [0.25, 0.3) is 27.5 Å². The van der Waals surface area contributed by atoms with Crippen LogP contribution in [-0.4, -0.2) is 106 Å². The highest BCUT2D eigenvalue weighted by Gasteiger charge is 2.33. The smallest absolute Gasteiger partial charge is 0.407 e. The summed E-state index contributed by atoms with van der Waals surface area (Å²) in [4.78, 5) is 55.4. The summed E-state index contributed by atoms with van der Waals surface area (Å²) >= 11 is 0. The molecule has 5 rings (SSSR count). The molecule has 13 heteroatoms. The molecule has 63 heavy (non-hydrogen) atoms. The molecule has 344 valence electrons. The highest BCUT2D eigenvalue weighted by molar-refractivity contribution is 5.87. The second kappa shape index (κ2) is 31.8. The van der Waals surface area contributed by atoms with Gasteiger partial charge in [-0.05, 0) is 92.0 Å². The second-order valence-electron chi connectivity index (χ2n) is 14.9. The number of ether oxygens (including phenoxy) is 2. The van der Waals surface area contributed by atoms with Crippen molar-refractivity contribution >= 4 is 52.2 Å². The summed E-state index contributed by atoms with van der Waals surface area (Å²) < 4.78 is 8.39. The van der Waals surface area contributed by atoms with E-state index in [1.54, 1.807) is 19.1 Å². The molecule has 2 heterocycles. The second-order valence-corrected chi connectivity index (χ2v) is 14.9. The van der Waals surface area contributed by atoms with Gasteiger partial charge < -0.3 is 40.1 Å². The third kappa shape index (κ3) is 19.3. The first kappa shape index (κ1) is 55.0. The first-order valence-corrected chi connectivity index (χ1v) is 21.9. The maximum atomic E-state index is 12.5. The number of aromatic nitrogens is 2. The van der Waals surface area contributed by atoms with Crippen LogP contribution in [-0.2, 0) is 23.9 Å². The third-order valence-corrected chi connectivity index (χ3v) is 9.26. The molecule has 0 radical (unpaired) electrons. The van der Waals surface area contributed by atoms with Gasteiger partial charge in [-0.2, -0.15) is 0 Å². The van der Waals surface area contributed by atoms with Crippen molar-refractivity contribution in [1.29, 1.82) is 0 Å². The van der Waals surface area contributed by atoms with E-state index in [0.29, 0.717) is 43.4 Å². The number of imidazole rings is 1. The van der Waals surface area contributed by atoms with Crippen LogP contribution in [0.15, 0.2) is 72.9 Å². The zero-order valence-electron chi connectivity index (χ0n) is 39.7. The van der Waals surface area contributed by atoms with Crippen molar-refractivity contribution in [3.8, 4) is 11.8 Å². The van der Waals surface area contributed by atoms with Gasteiger partial charge in [0, 0.05) is 43.3 Å². The minimum atomic E-state index is -0.586. The highest BCUT2D eigenvalue weighted by Crippen LogP contribution is 2.37. The lowest BCUT2D eigenvalue weighted by molar-refractivity contribution is -0.131. The van der Waals surface area contributed by atoms with E-state index in [1.807, 2.05) is 26.0 Å². The molecule has 2 unspecified atom stereocenters. The fraction of sp³-hybridized carbons (Fsp3) is 0.460. The van der Waals surface area contributed by atoms with Gasteiger partial charge in [0.15, 0.2) is 0 Å². The lowest BCUT2D eigenvalue weighted by Crippen LogP contribution is -2.40. The minimum Gasteiger partial charge on any atom is -0.453 e. The lowest BCUT2D eigenvalue weighted by Gasteiger charge is -2.24. The number of aldehydes is 1. The molecule has 0 saturated carbocycles. The van der Waals surface area contributed by atoms with E-state index >= 15 is 0 Å². The SMILES string of the molecule is C=C(CN(CCC)C(=O)CNC=O)N/C(=C\C)c1ccc2cc(C#Cc3ccc4nc(C5C(CC)CCN5C)[nH]c4c3)ccc2c1.CCC.CCC.COC.COC(=O)NCC=O. The number of likely N-dealkylation sites (tertiary alicyclic amines) is 1. The number of alkyl carbamates (subject to hydrolysis) is 1. The molecule has 1 aliphatic rings.